The molecule has 10 heteroatoms. The van der Waals surface area contributed by atoms with Crippen LogP contribution in [-0.2, 0) is 16.1 Å². The quantitative estimate of drug-likeness (QED) is 0.772. The Morgan fingerprint density at radius 2 is 2.12 bits per heavy atom. The lowest BCUT2D eigenvalue weighted by molar-refractivity contribution is -0.163. The van der Waals surface area contributed by atoms with Crippen molar-refractivity contribution in [1.29, 1.82) is 0 Å². The molecule has 1 aromatic rings. The molecule has 1 aliphatic carbocycles. The number of urea groups is 1. The van der Waals surface area contributed by atoms with Crippen molar-refractivity contribution < 1.29 is 32.0 Å². The molecule has 0 spiro atoms. The van der Waals surface area contributed by atoms with Gasteiger partial charge in [0, 0.05) is 0 Å². The summed E-state index contributed by atoms with van der Waals surface area (Å²) in [7, 11) is 0. The third-order valence-corrected chi connectivity index (χ3v) is 4.64. The number of amides is 4. The molecule has 2 heterocycles. The lowest BCUT2D eigenvalue weighted by Crippen LogP contribution is -2.48. The van der Waals surface area contributed by atoms with Gasteiger partial charge in [0.1, 0.15) is 24.4 Å². The average molecular weight is 373 g/mol. The number of furan rings is 1. The molecular weight excluding hydrogens is 355 g/mol. The highest BCUT2D eigenvalue weighted by Crippen LogP contribution is 2.42. The fourth-order valence-electron chi connectivity index (χ4n) is 3.07. The summed E-state index contributed by atoms with van der Waals surface area (Å²) >= 11 is 0. The van der Waals surface area contributed by atoms with E-state index in [1.807, 2.05) is 0 Å². The van der Waals surface area contributed by atoms with Crippen molar-refractivity contribution in [2.75, 3.05) is 13.1 Å². The van der Waals surface area contributed by atoms with Crippen molar-refractivity contribution in [3.05, 3.63) is 24.2 Å². The number of alkyl halides is 3. The van der Waals surface area contributed by atoms with Crippen LogP contribution in [0.5, 0.6) is 0 Å². The number of nitrogens with one attached hydrogen (secondary N) is 1. The van der Waals surface area contributed by atoms with Gasteiger partial charge in [-0.15, -0.1) is 0 Å². The van der Waals surface area contributed by atoms with E-state index in [0.717, 1.165) is 12.8 Å². The van der Waals surface area contributed by atoms with E-state index < -0.39 is 49.2 Å². The lowest BCUT2D eigenvalue weighted by atomic mass is 9.96. The van der Waals surface area contributed by atoms with Gasteiger partial charge >= 0.3 is 12.2 Å². The first-order chi connectivity index (χ1) is 12.1. The van der Waals surface area contributed by atoms with Crippen LogP contribution in [0.3, 0.4) is 0 Å². The largest absolute Gasteiger partial charge is 0.467 e. The molecule has 1 saturated heterocycles. The van der Waals surface area contributed by atoms with Gasteiger partial charge in [-0.1, -0.05) is 0 Å². The molecule has 0 aromatic carbocycles. The number of carbonyl (C=O) groups excluding carboxylic acids is 3. The van der Waals surface area contributed by atoms with Gasteiger partial charge in [-0.05, 0) is 37.8 Å². The molecule has 1 N–H and O–H groups in total. The van der Waals surface area contributed by atoms with Crippen LogP contribution in [0.4, 0.5) is 18.0 Å². The second kappa shape index (κ2) is 6.33. The smallest absolute Gasteiger partial charge is 0.406 e. The molecule has 0 radical (unpaired) electrons. The van der Waals surface area contributed by atoms with Crippen LogP contribution >= 0.6 is 0 Å². The molecule has 3 rings (SSSR count). The van der Waals surface area contributed by atoms with Crippen LogP contribution in [-0.4, -0.2) is 52.5 Å². The van der Waals surface area contributed by atoms with Gasteiger partial charge in [-0.3, -0.25) is 14.5 Å². The van der Waals surface area contributed by atoms with Gasteiger partial charge in [0.25, 0.3) is 5.91 Å². The minimum Gasteiger partial charge on any atom is -0.467 e. The molecule has 4 amide bonds. The summed E-state index contributed by atoms with van der Waals surface area (Å²) < 4.78 is 43.4. The molecule has 7 nitrogen and oxygen atoms in total. The number of hydrogen-bond acceptors (Lipinski definition) is 4. The van der Waals surface area contributed by atoms with Gasteiger partial charge in [-0.2, -0.15) is 13.2 Å². The van der Waals surface area contributed by atoms with E-state index in [9.17, 15) is 27.6 Å². The molecule has 0 bridgehead atoms. The highest BCUT2D eigenvalue weighted by molar-refractivity contribution is 6.09. The van der Waals surface area contributed by atoms with Crippen LogP contribution in [0.2, 0.25) is 0 Å². The Morgan fingerprint density at radius 1 is 1.42 bits per heavy atom. The van der Waals surface area contributed by atoms with E-state index in [2.05, 4.69) is 5.32 Å². The number of rotatable bonds is 6. The van der Waals surface area contributed by atoms with Gasteiger partial charge in [0.2, 0.25) is 5.91 Å². The fourth-order valence-corrected chi connectivity index (χ4v) is 3.07. The van der Waals surface area contributed by atoms with E-state index >= 15 is 0 Å². The third-order valence-electron chi connectivity index (χ3n) is 4.64. The van der Waals surface area contributed by atoms with Crippen molar-refractivity contribution in [1.82, 2.24) is 15.1 Å². The molecular formula is C16H18F3N3O4. The first-order valence-electron chi connectivity index (χ1n) is 8.11. The van der Waals surface area contributed by atoms with Crippen molar-refractivity contribution in [2.24, 2.45) is 5.92 Å². The first kappa shape index (κ1) is 18.3. The highest BCUT2D eigenvalue weighted by atomic mass is 19.4. The summed E-state index contributed by atoms with van der Waals surface area (Å²) in [5.74, 6) is -1.40. The van der Waals surface area contributed by atoms with E-state index in [-0.39, 0.29) is 11.7 Å². The summed E-state index contributed by atoms with van der Waals surface area (Å²) in [5, 5.41) is 2.56. The minimum absolute atomic E-state index is 0.00607. The number of carbonyl (C=O) groups is 3. The van der Waals surface area contributed by atoms with Crippen LogP contribution in [0.25, 0.3) is 0 Å². The zero-order chi connectivity index (χ0) is 19.1. The SMILES string of the molecule is CC1(C2CC2)NC(=O)N(CC(=O)N(Cc2ccco2)CC(F)(F)F)C1=O. The van der Waals surface area contributed by atoms with Crippen LogP contribution < -0.4 is 5.32 Å². The summed E-state index contributed by atoms with van der Waals surface area (Å²) in [4.78, 5) is 38.2. The van der Waals surface area contributed by atoms with Crippen molar-refractivity contribution >= 4 is 17.8 Å². The number of imide groups is 1. The Labute approximate surface area is 147 Å². The van der Waals surface area contributed by atoms with E-state index in [1.54, 1.807) is 6.92 Å². The van der Waals surface area contributed by atoms with Crippen molar-refractivity contribution in [3.8, 4) is 0 Å². The van der Waals surface area contributed by atoms with E-state index in [0.29, 0.717) is 9.80 Å². The van der Waals surface area contributed by atoms with E-state index in [1.165, 1.54) is 18.4 Å². The normalized spacial score (nSPS) is 23.3. The third kappa shape index (κ3) is 3.68. The number of nitrogens with zero attached hydrogens (tertiary/aromatic N) is 2. The van der Waals surface area contributed by atoms with Crippen LogP contribution in [0.15, 0.2) is 22.8 Å². The monoisotopic (exact) mass is 373 g/mol. The summed E-state index contributed by atoms with van der Waals surface area (Å²) in [5.41, 5.74) is -1.09. The topological polar surface area (TPSA) is 82.9 Å². The molecule has 1 unspecified atom stereocenters. The molecule has 1 saturated carbocycles. The standard InChI is InChI=1S/C16H18F3N3O4/c1-15(10-4-5-10)13(24)22(14(25)20-15)8-12(23)21(9-16(17,18)19)7-11-3-2-6-26-11/h2-3,6,10H,4-5,7-9H2,1H3,(H,20,25). The van der Waals surface area contributed by atoms with Gasteiger partial charge in [0.05, 0.1) is 12.8 Å². The summed E-state index contributed by atoms with van der Waals surface area (Å²) in [6, 6.07) is 2.17. The highest BCUT2D eigenvalue weighted by Gasteiger charge is 2.56. The predicted octanol–water partition coefficient (Wildman–Crippen LogP) is 1.89. The number of hydrogen-bond donors (Lipinski definition) is 1. The average Bonchev–Trinajstić information content (AvgIpc) is 3.23. The Bertz CT molecular complexity index is 715. The Balaban J connectivity index is 1.72. The Hall–Kier alpha value is -2.52. The van der Waals surface area contributed by atoms with Gasteiger partial charge in [0.15, 0.2) is 0 Å². The lowest BCUT2D eigenvalue weighted by Gasteiger charge is -2.25. The van der Waals surface area contributed by atoms with Crippen LogP contribution in [0, 0.1) is 5.92 Å². The predicted molar refractivity (Wildman–Crippen MR) is 81.6 cm³/mol. The van der Waals surface area contributed by atoms with Gasteiger partial charge in [-0.25, -0.2) is 4.79 Å². The molecule has 26 heavy (non-hydrogen) atoms. The second-order valence-electron chi connectivity index (χ2n) is 6.74. The second-order valence-corrected chi connectivity index (χ2v) is 6.74. The Morgan fingerprint density at radius 3 is 2.65 bits per heavy atom. The molecule has 142 valence electrons. The van der Waals surface area contributed by atoms with Crippen molar-refractivity contribution in [3.63, 3.8) is 0 Å². The van der Waals surface area contributed by atoms with Crippen LogP contribution in [0.1, 0.15) is 25.5 Å². The molecule has 1 atom stereocenters. The zero-order valence-corrected chi connectivity index (χ0v) is 14.0. The molecule has 1 aliphatic heterocycles. The molecule has 2 fully saturated rings. The number of halogens is 3. The first-order valence-corrected chi connectivity index (χ1v) is 8.11. The van der Waals surface area contributed by atoms with Crippen molar-refractivity contribution in [2.45, 2.75) is 38.0 Å². The molecule has 1 aromatic heterocycles. The molecule has 2 aliphatic rings. The van der Waals surface area contributed by atoms with E-state index in [4.69, 9.17) is 4.42 Å². The maximum atomic E-state index is 12.8. The fraction of sp³-hybridized carbons (Fsp3) is 0.562. The maximum Gasteiger partial charge on any atom is 0.406 e. The summed E-state index contributed by atoms with van der Waals surface area (Å²) in [6.07, 6.45) is -1.78. The summed E-state index contributed by atoms with van der Waals surface area (Å²) in [6.45, 7) is -1.08. The zero-order valence-electron chi connectivity index (χ0n) is 14.0. The Kier molecular flexibility index (Phi) is 4.45. The maximum absolute atomic E-state index is 12.8. The van der Waals surface area contributed by atoms with Gasteiger partial charge < -0.3 is 14.6 Å². The minimum atomic E-state index is -4.62.